The fraction of sp³-hybridized carbons (Fsp3) is 0.381. The molecule has 142 valence electrons. The minimum absolute atomic E-state index is 0.0466. The number of aryl methyl sites for hydroxylation is 1. The molecule has 1 aliphatic heterocycles. The molecule has 0 spiro atoms. The molecular weight excluding hydrogens is 340 g/mol. The minimum Gasteiger partial charge on any atom is -0.338 e. The summed E-state index contributed by atoms with van der Waals surface area (Å²) >= 11 is 0. The first-order valence-electron chi connectivity index (χ1n) is 9.34. The van der Waals surface area contributed by atoms with Crippen molar-refractivity contribution in [3.63, 3.8) is 0 Å². The standard InChI is InChI=1S/C21H26N4O2/c1-17-10-11-20(26)25(22-17)18(2)21(27)24-15-13-23(14-16-24)12-6-9-19-7-4-3-5-8-19/h3-11,18H,12-16H2,1-2H3/b9-6+. The molecule has 0 saturated carbocycles. The predicted octanol–water partition coefficient (Wildman–Crippen LogP) is 1.97. The summed E-state index contributed by atoms with van der Waals surface area (Å²) in [6.45, 7) is 7.42. The molecule has 0 N–H and O–H groups in total. The summed E-state index contributed by atoms with van der Waals surface area (Å²) in [7, 11) is 0. The Labute approximate surface area is 159 Å². The van der Waals surface area contributed by atoms with Crippen molar-refractivity contribution in [3.8, 4) is 0 Å². The Kier molecular flexibility index (Phi) is 6.19. The van der Waals surface area contributed by atoms with Crippen molar-refractivity contribution in [2.24, 2.45) is 0 Å². The molecule has 0 radical (unpaired) electrons. The third kappa shape index (κ3) is 4.92. The predicted molar refractivity (Wildman–Crippen MR) is 106 cm³/mol. The van der Waals surface area contributed by atoms with Gasteiger partial charge in [0.25, 0.3) is 5.56 Å². The largest absolute Gasteiger partial charge is 0.338 e. The van der Waals surface area contributed by atoms with Crippen LogP contribution in [0.25, 0.3) is 6.08 Å². The highest BCUT2D eigenvalue weighted by Gasteiger charge is 2.26. The van der Waals surface area contributed by atoms with E-state index in [0.717, 1.165) is 25.3 Å². The van der Waals surface area contributed by atoms with Gasteiger partial charge in [-0.05, 0) is 25.5 Å². The molecule has 1 aromatic heterocycles. The van der Waals surface area contributed by atoms with E-state index in [-0.39, 0.29) is 11.5 Å². The van der Waals surface area contributed by atoms with Crippen LogP contribution in [-0.2, 0) is 4.79 Å². The van der Waals surface area contributed by atoms with Crippen LogP contribution in [0.15, 0.2) is 53.3 Å². The van der Waals surface area contributed by atoms with Gasteiger partial charge < -0.3 is 4.90 Å². The molecule has 1 fully saturated rings. The normalized spacial score (nSPS) is 16.6. The van der Waals surface area contributed by atoms with Crippen molar-refractivity contribution < 1.29 is 4.79 Å². The number of aromatic nitrogens is 2. The van der Waals surface area contributed by atoms with Crippen LogP contribution in [0.2, 0.25) is 0 Å². The quantitative estimate of drug-likeness (QED) is 0.812. The van der Waals surface area contributed by atoms with Crippen LogP contribution in [0.5, 0.6) is 0 Å². The second-order valence-electron chi connectivity index (χ2n) is 6.87. The van der Waals surface area contributed by atoms with Gasteiger partial charge in [-0.2, -0.15) is 5.10 Å². The Morgan fingerprint density at radius 1 is 1.11 bits per heavy atom. The maximum atomic E-state index is 12.8. The first kappa shape index (κ1) is 19.0. The lowest BCUT2D eigenvalue weighted by Gasteiger charge is -2.35. The summed E-state index contributed by atoms with van der Waals surface area (Å²) in [5, 5.41) is 4.21. The van der Waals surface area contributed by atoms with Crippen molar-refractivity contribution in [2.75, 3.05) is 32.7 Å². The zero-order valence-corrected chi connectivity index (χ0v) is 15.9. The smallest absolute Gasteiger partial charge is 0.267 e. The molecule has 1 amide bonds. The first-order valence-corrected chi connectivity index (χ1v) is 9.34. The summed E-state index contributed by atoms with van der Waals surface area (Å²) in [6, 6.07) is 12.8. The number of hydrogen-bond acceptors (Lipinski definition) is 4. The third-order valence-corrected chi connectivity index (χ3v) is 4.84. The maximum absolute atomic E-state index is 12.8. The van der Waals surface area contributed by atoms with Crippen molar-refractivity contribution in [3.05, 3.63) is 70.2 Å². The van der Waals surface area contributed by atoms with E-state index in [9.17, 15) is 9.59 Å². The number of rotatable bonds is 5. The first-order chi connectivity index (χ1) is 13.0. The molecule has 2 heterocycles. The molecule has 1 aliphatic rings. The van der Waals surface area contributed by atoms with Gasteiger partial charge in [0, 0.05) is 38.8 Å². The topological polar surface area (TPSA) is 58.4 Å². The molecule has 3 rings (SSSR count). The van der Waals surface area contributed by atoms with Crippen LogP contribution >= 0.6 is 0 Å². The SMILES string of the molecule is Cc1ccc(=O)n(C(C)C(=O)N2CCN(C/C=C/c3ccccc3)CC2)n1. The molecule has 2 aromatic rings. The Morgan fingerprint density at radius 3 is 2.52 bits per heavy atom. The van der Waals surface area contributed by atoms with Gasteiger partial charge in [0.1, 0.15) is 6.04 Å². The molecule has 6 heteroatoms. The van der Waals surface area contributed by atoms with Crippen molar-refractivity contribution in [1.82, 2.24) is 19.6 Å². The summed E-state index contributed by atoms with van der Waals surface area (Å²) in [5.74, 6) is -0.0466. The number of amides is 1. The van der Waals surface area contributed by atoms with E-state index < -0.39 is 6.04 Å². The number of benzene rings is 1. The number of hydrogen-bond donors (Lipinski definition) is 0. The van der Waals surface area contributed by atoms with Gasteiger partial charge in [-0.25, -0.2) is 4.68 Å². The van der Waals surface area contributed by atoms with E-state index in [2.05, 4.69) is 34.3 Å². The van der Waals surface area contributed by atoms with Gasteiger partial charge in [0.15, 0.2) is 0 Å². The zero-order valence-electron chi connectivity index (χ0n) is 15.9. The van der Waals surface area contributed by atoms with Crippen LogP contribution in [0.1, 0.15) is 24.2 Å². The summed E-state index contributed by atoms with van der Waals surface area (Å²) in [4.78, 5) is 28.9. The highest BCUT2D eigenvalue weighted by atomic mass is 16.2. The Balaban J connectivity index is 1.52. The zero-order chi connectivity index (χ0) is 19.2. The molecule has 1 unspecified atom stereocenters. The third-order valence-electron chi connectivity index (χ3n) is 4.84. The van der Waals surface area contributed by atoms with Gasteiger partial charge in [-0.15, -0.1) is 0 Å². The van der Waals surface area contributed by atoms with E-state index in [4.69, 9.17) is 0 Å². The molecule has 0 bridgehead atoms. The van der Waals surface area contributed by atoms with Gasteiger partial charge in [0.2, 0.25) is 5.91 Å². The molecule has 1 saturated heterocycles. The van der Waals surface area contributed by atoms with Crippen LogP contribution in [0, 0.1) is 6.92 Å². The summed E-state index contributed by atoms with van der Waals surface area (Å²) in [5.41, 5.74) is 1.67. The average molecular weight is 366 g/mol. The van der Waals surface area contributed by atoms with Crippen LogP contribution < -0.4 is 5.56 Å². The molecular formula is C21H26N4O2. The second-order valence-corrected chi connectivity index (χ2v) is 6.87. The summed E-state index contributed by atoms with van der Waals surface area (Å²) in [6.07, 6.45) is 4.28. The van der Waals surface area contributed by atoms with E-state index in [0.29, 0.717) is 13.1 Å². The highest BCUT2D eigenvalue weighted by Crippen LogP contribution is 2.11. The molecule has 1 atom stereocenters. The highest BCUT2D eigenvalue weighted by molar-refractivity contribution is 5.80. The van der Waals surface area contributed by atoms with Crippen LogP contribution in [0.3, 0.4) is 0 Å². The summed E-state index contributed by atoms with van der Waals surface area (Å²) < 4.78 is 1.28. The number of piperazine rings is 1. The van der Waals surface area contributed by atoms with Gasteiger partial charge in [-0.3, -0.25) is 14.5 Å². The molecule has 6 nitrogen and oxygen atoms in total. The Morgan fingerprint density at radius 2 is 1.81 bits per heavy atom. The fourth-order valence-electron chi connectivity index (χ4n) is 3.22. The van der Waals surface area contributed by atoms with E-state index in [1.54, 1.807) is 13.0 Å². The lowest BCUT2D eigenvalue weighted by molar-refractivity contribution is -0.136. The molecule has 1 aromatic carbocycles. The van der Waals surface area contributed by atoms with Crippen molar-refractivity contribution in [1.29, 1.82) is 0 Å². The Hall–Kier alpha value is -2.73. The second kappa shape index (κ2) is 8.77. The van der Waals surface area contributed by atoms with E-state index >= 15 is 0 Å². The monoisotopic (exact) mass is 366 g/mol. The van der Waals surface area contributed by atoms with E-state index in [1.165, 1.54) is 16.3 Å². The van der Waals surface area contributed by atoms with E-state index in [1.807, 2.05) is 30.0 Å². The number of carbonyl (C=O) groups excluding carboxylic acids is 1. The average Bonchev–Trinajstić information content (AvgIpc) is 2.70. The van der Waals surface area contributed by atoms with Gasteiger partial charge in [-0.1, -0.05) is 42.5 Å². The maximum Gasteiger partial charge on any atom is 0.267 e. The van der Waals surface area contributed by atoms with Gasteiger partial charge in [0.05, 0.1) is 5.69 Å². The lowest BCUT2D eigenvalue weighted by atomic mass is 10.2. The minimum atomic E-state index is -0.582. The lowest BCUT2D eigenvalue weighted by Crippen LogP contribution is -2.51. The molecule has 0 aliphatic carbocycles. The van der Waals surface area contributed by atoms with Gasteiger partial charge >= 0.3 is 0 Å². The fourth-order valence-corrected chi connectivity index (χ4v) is 3.22. The van der Waals surface area contributed by atoms with Crippen molar-refractivity contribution >= 4 is 12.0 Å². The van der Waals surface area contributed by atoms with Crippen LogP contribution in [0.4, 0.5) is 0 Å². The number of nitrogens with zero attached hydrogens (tertiary/aromatic N) is 4. The van der Waals surface area contributed by atoms with Crippen LogP contribution in [-0.4, -0.2) is 58.2 Å². The number of carbonyl (C=O) groups is 1. The van der Waals surface area contributed by atoms with Crippen molar-refractivity contribution in [2.45, 2.75) is 19.9 Å². The Bertz CT molecular complexity index is 852. The molecule has 27 heavy (non-hydrogen) atoms.